The maximum Gasteiger partial charge on any atom is 0.416 e. The van der Waals surface area contributed by atoms with Crippen molar-refractivity contribution in [3.05, 3.63) is 77.9 Å². The first-order valence-electron chi connectivity index (χ1n) is 9.24. The van der Waals surface area contributed by atoms with Crippen molar-refractivity contribution in [2.45, 2.75) is 13.1 Å². The minimum absolute atomic E-state index is 0.0132. The Balaban J connectivity index is 1.98. The van der Waals surface area contributed by atoms with Crippen LogP contribution >= 0.6 is 0 Å². The van der Waals surface area contributed by atoms with Crippen LogP contribution in [0.2, 0.25) is 0 Å². The van der Waals surface area contributed by atoms with E-state index in [4.69, 9.17) is 0 Å². The molecule has 1 heterocycles. The second-order valence-electron chi connectivity index (χ2n) is 6.93. The van der Waals surface area contributed by atoms with Gasteiger partial charge in [-0.25, -0.2) is 15.0 Å². The van der Waals surface area contributed by atoms with Gasteiger partial charge in [0.25, 0.3) is 0 Å². The molecule has 0 unspecified atom stereocenters. The fourth-order valence-corrected chi connectivity index (χ4v) is 3.15. The van der Waals surface area contributed by atoms with E-state index in [0.717, 1.165) is 12.1 Å². The molecule has 0 saturated carbocycles. The summed E-state index contributed by atoms with van der Waals surface area (Å²) in [6.45, 7) is 1.55. The number of phenolic OH excluding ortho intramolecular Hbond substituents is 2. The number of aromatic hydroxyl groups is 2. The van der Waals surface area contributed by atoms with Gasteiger partial charge in [0.15, 0.2) is 17.5 Å². The van der Waals surface area contributed by atoms with Crippen LogP contribution in [0.15, 0.2) is 66.7 Å². The van der Waals surface area contributed by atoms with E-state index in [1.54, 1.807) is 43.3 Å². The molecule has 3 aromatic carbocycles. The quantitative estimate of drug-likeness (QED) is 0.448. The van der Waals surface area contributed by atoms with Gasteiger partial charge in [-0.3, -0.25) is 0 Å². The molecule has 4 aromatic rings. The van der Waals surface area contributed by atoms with Crippen molar-refractivity contribution in [2.75, 3.05) is 0 Å². The van der Waals surface area contributed by atoms with Crippen molar-refractivity contribution >= 4 is 0 Å². The van der Waals surface area contributed by atoms with Crippen molar-refractivity contribution in [1.82, 2.24) is 15.0 Å². The zero-order chi connectivity index (χ0) is 22.2. The van der Waals surface area contributed by atoms with E-state index >= 15 is 0 Å². The molecule has 2 N–H and O–H groups in total. The Morgan fingerprint density at radius 2 is 1.16 bits per heavy atom. The van der Waals surface area contributed by atoms with E-state index in [-0.39, 0.29) is 45.7 Å². The molecule has 0 aliphatic rings. The molecule has 0 fully saturated rings. The second-order valence-corrected chi connectivity index (χ2v) is 6.93. The third kappa shape index (κ3) is 4.18. The minimum atomic E-state index is -4.53. The van der Waals surface area contributed by atoms with Gasteiger partial charge in [0, 0.05) is 5.56 Å². The number of para-hydroxylation sites is 2. The van der Waals surface area contributed by atoms with Gasteiger partial charge >= 0.3 is 6.18 Å². The summed E-state index contributed by atoms with van der Waals surface area (Å²) in [4.78, 5) is 13.0. The van der Waals surface area contributed by atoms with Crippen LogP contribution in [0.1, 0.15) is 11.1 Å². The Labute approximate surface area is 175 Å². The third-order valence-corrected chi connectivity index (χ3v) is 4.59. The highest BCUT2D eigenvalue weighted by molar-refractivity contribution is 5.72. The van der Waals surface area contributed by atoms with Crippen molar-refractivity contribution in [3.63, 3.8) is 0 Å². The molecule has 0 spiro atoms. The van der Waals surface area contributed by atoms with Crippen LogP contribution in [0.4, 0.5) is 13.2 Å². The first-order valence-corrected chi connectivity index (χ1v) is 9.24. The summed E-state index contributed by atoms with van der Waals surface area (Å²) in [5.41, 5.74) is 0.274. The highest BCUT2D eigenvalue weighted by Crippen LogP contribution is 2.35. The van der Waals surface area contributed by atoms with Crippen LogP contribution < -0.4 is 0 Å². The lowest BCUT2D eigenvalue weighted by Gasteiger charge is -2.12. The van der Waals surface area contributed by atoms with Crippen LogP contribution in [0.25, 0.3) is 34.2 Å². The Hall–Kier alpha value is -3.94. The summed E-state index contributed by atoms with van der Waals surface area (Å²) in [5, 5.41) is 20.5. The highest BCUT2D eigenvalue weighted by Gasteiger charge is 2.31. The molecule has 0 amide bonds. The summed E-state index contributed by atoms with van der Waals surface area (Å²) in [7, 11) is 0. The van der Waals surface area contributed by atoms with Gasteiger partial charge in [-0.15, -0.1) is 0 Å². The maximum atomic E-state index is 13.3. The second kappa shape index (κ2) is 7.71. The Morgan fingerprint density at radius 3 is 1.65 bits per heavy atom. The molecule has 0 aliphatic heterocycles. The molecule has 0 atom stereocenters. The van der Waals surface area contributed by atoms with Crippen molar-refractivity contribution in [2.24, 2.45) is 0 Å². The topological polar surface area (TPSA) is 79.1 Å². The molecular weight excluding hydrogens is 407 g/mol. The molecular formula is C23H16F3N3O2. The zero-order valence-corrected chi connectivity index (χ0v) is 16.2. The molecule has 0 bridgehead atoms. The molecule has 156 valence electrons. The number of hydrogen-bond donors (Lipinski definition) is 2. The van der Waals surface area contributed by atoms with Gasteiger partial charge in [0.1, 0.15) is 11.5 Å². The molecule has 0 saturated heterocycles. The number of hydrogen-bond acceptors (Lipinski definition) is 5. The fourth-order valence-electron chi connectivity index (χ4n) is 3.15. The van der Waals surface area contributed by atoms with Crippen molar-refractivity contribution < 1.29 is 23.4 Å². The van der Waals surface area contributed by atoms with E-state index in [9.17, 15) is 23.4 Å². The van der Waals surface area contributed by atoms with Crippen molar-refractivity contribution in [3.8, 4) is 45.7 Å². The van der Waals surface area contributed by atoms with Crippen LogP contribution in [-0.4, -0.2) is 25.2 Å². The van der Waals surface area contributed by atoms with Crippen molar-refractivity contribution in [1.29, 1.82) is 0 Å². The fraction of sp³-hybridized carbons (Fsp3) is 0.0870. The smallest absolute Gasteiger partial charge is 0.416 e. The number of alkyl halides is 3. The molecule has 1 aromatic heterocycles. The van der Waals surface area contributed by atoms with Crippen LogP contribution in [0.5, 0.6) is 11.5 Å². The van der Waals surface area contributed by atoms with Gasteiger partial charge in [0.05, 0.1) is 16.7 Å². The molecule has 4 rings (SSSR count). The standard InChI is InChI=1S/C23H16F3N3O2/c1-13-10-14(12-15(11-13)23(24,25)26)20-27-21(16-6-2-4-8-18(16)30)29-22(28-20)17-7-3-5-9-19(17)31/h2-12,30-31H,1H3. The first kappa shape index (κ1) is 20.3. The summed E-state index contributed by atoms with van der Waals surface area (Å²) < 4.78 is 40.0. The van der Waals surface area contributed by atoms with Crippen LogP contribution in [0.3, 0.4) is 0 Å². The molecule has 31 heavy (non-hydrogen) atoms. The van der Waals surface area contributed by atoms with E-state index in [1.165, 1.54) is 18.2 Å². The summed E-state index contributed by atoms with van der Waals surface area (Å²) >= 11 is 0. The number of nitrogens with zero attached hydrogens (tertiary/aromatic N) is 3. The van der Waals surface area contributed by atoms with Gasteiger partial charge < -0.3 is 10.2 Å². The third-order valence-electron chi connectivity index (χ3n) is 4.59. The van der Waals surface area contributed by atoms with E-state index in [1.807, 2.05) is 0 Å². The number of halogens is 3. The van der Waals surface area contributed by atoms with Gasteiger partial charge in [-0.1, -0.05) is 24.3 Å². The van der Waals surface area contributed by atoms with Crippen LogP contribution in [0, 0.1) is 6.92 Å². The largest absolute Gasteiger partial charge is 0.507 e. The number of rotatable bonds is 3. The number of phenols is 2. The minimum Gasteiger partial charge on any atom is -0.507 e. The first-order chi connectivity index (χ1) is 14.7. The SMILES string of the molecule is Cc1cc(-c2nc(-c3ccccc3O)nc(-c3ccccc3O)n2)cc(C(F)(F)F)c1. The van der Waals surface area contributed by atoms with E-state index < -0.39 is 11.7 Å². The lowest BCUT2D eigenvalue weighted by molar-refractivity contribution is -0.137. The summed E-state index contributed by atoms with van der Waals surface area (Å²) in [6.07, 6.45) is -4.53. The predicted molar refractivity (Wildman–Crippen MR) is 109 cm³/mol. The molecule has 0 aliphatic carbocycles. The molecule has 0 radical (unpaired) electrons. The highest BCUT2D eigenvalue weighted by atomic mass is 19.4. The Bertz CT molecular complexity index is 1210. The number of benzene rings is 3. The van der Waals surface area contributed by atoms with E-state index in [2.05, 4.69) is 15.0 Å². The normalized spacial score (nSPS) is 11.5. The lowest BCUT2D eigenvalue weighted by Crippen LogP contribution is -2.06. The Kier molecular flexibility index (Phi) is 5.06. The van der Waals surface area contributed by atoms with Gasteiger partial charge in [-0.05, 0) is 55.0 Å². The Morgan fingerprint density at radius 1 is 0.677 bits per heavy atom. The van der Waals surface area contributed by atoms with Crippen LogP contribution in [-0.2, 0) is 6.18 Å². The lowest BCUT2D eigenvalue weighted by atomic mass is 10.1. The zero-order valence-electron chi connectivity index (χ0n) is 16.2. The summed E-state index contributed by atoms with van der Waals surface area (Å²) in [6, 6.07) is 16.2. The number of aryl methyl sites for hydroxylation is 1. The molecule has 8 heteroatoms. The summed E-state index contributed by atoms with van der Waals surface area (Å²) in [5.74, 6) is -0.0697. The van der Waals surface area contributed by atoms with Gasteiger partial charge in [0.2, 0.25) is 0 Å². The monoisotopic (exact) mass is 423 g/mol. The molecule has 5 nitrogen and oxygen atoms in total. The number of aromatic nitrogens is 3. The predicted octanol–water partition coefficient (Wildman–Crippen LogP) is 5.61. The van der Waals surface area contributed by atoms with E-state index in [0.29, 0.717) is 5.56 Å². The maximum absolute atomic E-state index is 13.3. The average molecular weight is 423 g/mol. The van der Waals surface area contributed by atoms with Gasteiger partial charge in [-0.2, -0.15) is 13.2 Å². The average Bonchev–Trinajstić information content (AvgIpc) is 2.73.